The third-order valence-electron chi connectivity index (χ3n) is 5.17. The number of fused-ring (bicyclic) bond motifs is 2. The van der Waals surface area contributed by atoms with Crippen LogP contribution in [0.4, 0.5) is 5.13 Å². The highest BCUT2D eigenvalue weighted by molar-refractivity contribution is 7.17. The van der Waals surface area contributed by atoms with E-state index in [-0.39, 0.29) is 11.7 Å². The first-order chi connectivity index (χ1) is 14.4. The maximum absolute atomic E-state index is 13.2. The first-order valence-electron chi connectivity index (χ1n) is 9.59. The van der Waals surface area contributed by atoms with Gasteiger partial charge in [0.1, 0.15) is 0 Å². The molecule has 1 amide bonds. The van der Waals surface area contributed by atoms with Crippen molar-refractivity contribution in [2.24, 2.45) is 0 Å². The van der Waals surface area contributed by atoms with Crippen LogP contribution in [0.25, 0.3) is 22.4 Å². The molecule has 1 N–H and O–H groups in total. The number of anilines is 1. The maximum Gasteiger partial charge on any atom is 0.259 e. The van der Waals surface area contributed by atoms with Crippen molar-refractivity contribution in [2.45, 2.75) is 40.0 Å². The minimum atomic E-state index is -0.321. The Hall–Kier alpha value is -2.91. The Morgan fingerprint density at radius 3 is 2.70 bits per heavy atom. The van der Waals surface area contributed by atoms with E-state index < -0.39 is 0 Å². The van der Waals surface area contributed by atoms with Gasteiger partial charge in [0.15, 0.2) is 10.9 Å². The number of rotatable bonds is 3. The minimum Gasteiger partial charge on any atom is -0.335 e. The molecule has 7 nitrogen and oxygen atoms in total. The summed E-state index contributed by atoms with van der Waals surface area (Å²) in [6, 6.07) is 3.83. The van der Waals surface area contributed by atoms with Crippen molar-refractivity contribution in [3.05, 3.63) is 43.7 Å². The van der Waals surface area contributed by atoms with Crippen LogP contribution < -0.4 is 5.32 Å². The van der Waals surface area contributed by atoms with Crippen molar-refractivity contribution in [1.82, 2.24) is 15.1 Å². The molecule has 4 aromatic rings. The van der Waals surface area contributed by atoms with E-state index in [2.05, 4.69) is 26.5 Å². The van der Waals surface area contributed by atoms with E-state index in [9.17, 15) is 9.59 Å². The van der Waals surface area contributed by atoms with Crippen LogP contribution in [0.2, 0.25) is 0 Å². The number of Topliss-reactive ketones (excluding diaryl/α,β-unsaturated/α-hetero) is 1. The Balaban J connectivity index is 1.57. The van der Waals surface area contributed by atoms with Crippen LogP contribution in [0.3, 0.4) is 0 Å². The first kappa shape index (κ1) is 19.1. The highest BCUT2D eigenvalue weighted by atomic mass is 32.1. The summed E-state index contributed by atoms with van der Waals surface area (Å²) in [5, 5.41) is 7.88. The summed E-state index contributed by atoms with van der Waals surface area (Å²) in [6.45, 7) is 5.85. The van der Waals surface area contributed by atoms with Crippen LogP contribution in [-0.4, -0.2) is 26.8 Å². The molecule has 0 aromatic carbocycles. The third kappa shape index (κ3) is 3.14. The van der Waals surface area contributed by atoms with Gasteiger partial charge in [-0.2, -0.15) is 0 Å². The van der Waals surface area contributed by atoms with Crippen molar-refractivity contribution in [1.29, 1.82) is 0 Å². The van der Waals surface area contributed by atoms with E-state index in [0.717, 1.165) is 29.0 Å². The molecule has 1 aliphatic carbocycles. The fourth-order valence-corrected chi connectivity index (χ4v) is 5.69. The van der Waals surface area contributed by atoms with Crippen LogP contribution in [0.5, 0.6) is 0 Å². The van der Waals surface area contributed by atoms with Gasteiger partial charge >= 0.3 is 0 Å². The van der Waals surface area contributed by atoms with Gasteiger partial charge in [-0.25, -0.2) is 9.97 Å². The average Bonchev–Trinajstić information content (AvgIpc) is 3.38. The van der Waals surface area contributed by atoms with E-state index in [1.807, 2.05) is 13.8 Å². The summed E-state index contributed by atoms with van der Waals surface area (Å²) in [7, 11) is 0. The van der Waals surface area contributed by atoms with Crippen LogP contribution in [0, 0.1) is 20.8 Å². The molecule has 0 saturated carbocycles. The summed E-state index contributed by atoms with van der Waals surface area (Å²) in [5.74, 6) is -0.223. The second kappa shape index (κ2) is 7.10. The normalized spacial score (nSPS) is 13.6. The quantitative estimate of drug-likeness (QED) is 0.478. The van der Waals surface area contributed by atoms with Crippen LogP contribution in [0.15, 0.2) is 16.7 Å². The van der Waals surface area contributed by atoms with E-state index >= 15 is 0 Å². The molecule has 9 heteroatoms. The van der Waals surface area contributed by atoms with E-state index in [4.69, 9.17) is 4.52 Å². The van der Waals surface area contributed by atoms with E-state index in [1.54, 1.807) is 24.3 Å². The highest BCUT2D eigenvalue weighted by Crippen LogP contribution is 2.34. The number of pyridine rings is 1. The monoisotopic (exact) mass is 438 g/mol. The lowest BCUT2D eigenvalue weighted by atomic mass is 10.0. The number of thiophene rings is 1. The molecular formula is C21H18N4O3S2. The summed E-state index contributed by atoms with van der Waals surface area (Å²) in [6.07, 6.45) is 2.10. The number of thiazole rings is 1. The molecule has 0 atom stereocenters. The topological polar surface area (TPSA) is 98.0 Å². The van der Waals surface area contributed by atoms with Gasteiger partial charge in [0.2, 0.25) is 0 Å². The SMILES string of the molecule is Cc1cc(-c2cc(C(=O)Nc3nc4c(s3)C(=O)CCC4)c3c(C)noc3n2)c(C)s1. The number of aromatic nitrogens is 3. The van der Waals surface area contributed by atoms with Gasteiger partial charge < -0.3 is 4.52 Å². The lowest BCUT2D eigenvalue weighted by Gasteiger charge is -2.06. The zero-order valence-corrected chi connectivity index (χ0v) is 18.3. The van der Waals surface area contributed by atoms with Gasteiger partial charge in [-0.3, -0.25) is 14.9 Å². The number of aryl methyl sites for hydroxylation is 4. The van der Waals surface area contributed by atoms with Crippen LogP contribution in [-0.2, 0) is 6.42 Å². The van der Waals surface area contributed by atoms with Crippen molar-refractivity contribution < 1.29 is 14.1 Å². The van der Waals surface area contributed by atoms with Crippen molar-refractivity contribution >= 4 is 50.6 Å². The van der Waals surface area contributed by atoms with E-state index in [1.165, 1.54) is 16.2 Å². The number of carbonyl (C=O) groups excluding carboxylic acids is 2. The second-order valence-corrected chi connectivity index (χ2v) is 9.82. The molecule has 0 fully saturated rings. The molecule has 4 heterocycles. The standard InChI is InChI=1S/C21H18N4O3S2/c1-9-7-12(11(3)29-9)15-8-13(17-10(2)25-28-20(17)22-15)19(27)24-21-23-14-5-4-6-16(26)18(14)30-21/h7-8H,4-6H2,1-3H3,(H,23,24,27). The van der Waals surface area contributed by atoms with Gasteiger partial charge in [-0.05, 0) is 45.7 Å². The highest BCUT2D eigenvalue weighted by Gasteiger charge is 2.25. The summed E-state index contributed by atoms with van der Waals surface area (Å²) in [4.78, 5) is 37.3. The average molecular weight is 439 g/mol. The molecule has 0 aliphatic heterocycles. The molecule has 0 radical (unpaired) electrons. The minimum absolute atomic E-state index is 0.0982. The van der Waals surface area contributed by atoms with Crippen LogP contribution >= 0.6 is 22.7 Å². The molecule has 5 rings (SSSR count). The Morgan fingerprint density at radius 2 is 1.97 bits per heavy atom. The molecular weight excluding hydrogens is 420 g/mol. The summed E-state index contributed by atoms with van der Waals surface area (Å²) in [5.41, 5.74) is 3.76. The Labute approximate surface area is 180 Å². The number of hydrogen-bond acceptors (Lipinski definition) is 8. The van der Waals surface area contributed by atoms with Gasteiger partial charge in [0, 0.05) is 21.7 Å². The predicted molar refractivity (Wildman–Crippen MR) is 117 cm³/mol. The number of amides is 1. The van der Waals surface area contributed by atoms with Crippen LogP contribution in [0.1, 0.15) is 54.0 Å². The molecule has 152 valence electrons. The van der Waals surface area contributed by atoms with Crippen molar-refractivity contribution in [2.75, 3.05) is 5.32 Å². The second-order valence-electron chi connectivity index (χ2n) is 7.36. The lowest BCUT2D eigenvalue weighted by Crippen LogP contribution is -2.13. The molecule has 0 saturated heterocycles. The molecule has 0 spiro atoms. The molecule has 30 heavy (non-hydrogen) atoms. The Morgan fingerprint density at radius 1 is 1.13 bits per heavy atom. The van der Waals surface area contributed by atoms with Crippen molar-refractivity contribution in [3.63, 3.8) is 0 Å². The maximum atomic E-state index is 13.2. The molecule has 0 bridgehead atoms. The smallest absolute Gasteiger partial charge is 0.259 e. The van der Waals surface area contributed by atoms with E-state index in [0.29, 0.717) is 44.5 Å². The fourth-order valence-electron chi connectivity index (χ4n) is 3.78. The Bertz CT molecular complexity index is 1330. The lowest BCUT2D eigenvalue weighted by molar-refractivity contribution is 0.0975. The largest absolute Gasteiger partial charge is 0.335 e. The number of ketones is 1. The summed E-state index contributed by atoms with van der Waals surface area (Å²) < 4.78 is 5.38. The summed E-state index contributed by atoms with van der Waals surface area (Å²) >= 11 is 2.92. The molecule has 0 unspecified atom stereocenters. The zero-order valence-electron chi connectivity index (χ0n) is 16.7. The molecule has 1 aliphatic rings. The number of carbonyl (C=O) groups is 2. The van der Waals surface area contributed by atoms with Gasteiger partial charge in [-0.1, -0.05) is 16.5 Å². The fraction of sp³-hybridized carbons (Fsp3) is 0.286. The Kier molecular flexibility index (Phi) is 4.52. The predicted octanol–water partition coefficient (Wildman–Crippen LogP) is 5.10. The number of nitrogens with one attached hydrogen (secondary N) is 1. The first-order valence-corrected chi connectivity index (χ1v) is 11.2. The van der Waals surface area contributed by atoms with Crippen molar-refractivity contribution in [3.8, 4) is 11.3 Å². The van der Waals surface area contributed by atoms with Gasteiger partial charge in [0.25, 0.3) is 11.6 Å². The van der Waals surface area contributed by atoms with Gasteiger partial charge in [-0.15, -0.1) is 11.3 Å². The zero-order chi connectivity index (χ0) is 21.0. The van der Waals surface area contributed by atoms with Gasteiger partial charge in [0.05, 0.1) is 32.9 Å². The third-order valence-corrected chi connectivity index (χ3v) is 7.19. The number of nitrogens with zero attached hydrogens (tertiary/aromatic N) is 3. The number of hydrogen-bond donors (Lipinski definition) is 1. The molecule has 4 aromatic heterocycles.